The smallest absolute Gasteiger partial charge is 0.210 e. The summed E-state index contributed by atoms with van der Waals surface area (Å²) in [5.41, 5.74) is 5.44. The van der Waals surface area contributed by atoms with Crippen LogP contribution in [0.1, 0.15) is 41.4 Å². The molecule has 0 aliphatic heterocycles. The summed E-state index contributed by atoms with van der Waals surface area (Å²) in [6.45, 7) is 0. The van der Waals surface area contributed by atoms with Crippen molar-refractivity contribution in [3.05, 3.63) is 92.7 Å². The van der Waals surface area contributed by atoms with E-state index in [-0.39, 0.29) is 39.1 Å². The van der Waals surface area contributed by atoms with Crippen LogP contribution in [0.4, 0.5) is 0 Å². The van der Waals surface area contributed by atoms with Crippen molar-refractivity contribution < 1.29 is 19.2 Å². The summed E-state index contributed by atoms with van der Waals surface area (Å²) in [6.07, 6.45) is 0. The summed E-state index contributed by atoms with van der Waals surface area (Å²) in [7, 11) is 0. The number of carbonyl (C=O) groups excluding carboxylic acids is 4. The molecule has 5 nitrogen and oxygen atoms in total. The molecular formula is C20H10ClNO4. The van der Waals surface area contributed by atoms with Gasteiger partial charge < -0.3 is 5.73 Å². The van der Waals surface area contributed by atoms with Crippen LogP contribution in [0.2, 0.25) is 0 Å². The van der Waals surface area contributed by atoms with Gasteiger partial charge in [0.1, 0.15) is 5.03 Å². The van der Waals surface area contributed by atoms with Crippen molar-refractivity contribution in [3.8, 4) is 0 Å². The topological polar surface area (TPSA) is 94.3 Å². The van der Waals surface area contributed by atoms with Gasteiger partial charge in [0.2, 0.25) is 11.6 Å². The van der Waals surface area contributed by atoms with E-state index in [1.807, 2.05) is 0 Å². The van der Waals surface area contributed by atoms with Gasteiger partial charge in [0.25, 0.3) is 0 Å². The van der Waals surface area contributed by atoms with Crippen LogP contribution in [0.5, 0.6) is 0 Å². The molecule has 2 aliphatic carbocycles. The molecule has 2 N–H and O–H groups in total. The van der Waals surface area contributed by atoms with Crippen LogP contribution < -0.4 is 5.73 Å². The van der Waals surface area contributed by atoms with E-state index in [1.54, 1.807) is 24.3 Å². The maximum Gasteiger partial charge on any atom is 0.210 e. The average Bonchev–Trinajstić information content (AvgIpc) is 2.67. The number of nitrogens with two attached hydrogens (primary N) is 1. The number of fused-ring (bicyclic) bond motifs is 2. The molecule has 0 radical (unpaired) electrons. The number of allylic oxidation sites excluding steroid dienone is 4. The fourth-order valence-corrected chi connectivity index (χ4v) is 3.49. The monoisotopic (exact) mass is 363 g/mol. The molecule has 4 rings (SSSR count). The Morgan fingerprint density at radius 2 is 0.962 bits per heavy atom. The second-order valence-electron chi connectivity index (χ2n) is 5.89. The number of halogens is 1. The van der Waals surface area contributed by atoms with E-state index >= 15 is 0 Å². The Kier molecular flexibility index (Phi) is 3.49. The molecule has 0 aromatic heterocycles. The van der Waals surface area contributed by atoms with Crippen molar-refractivity contribution in [2.24, 2.45) is 5.73 Å². The second kappa shape index (κ2) is 5.61. The minimum Gasteiger partial charge on any atom is -0.395 e. The van der Waals surface area contributed by atoms with Crippen LogP contribution in [-0.2, 0) is 0 Å². The summed E-state index contributed by atoms with van der Waals surface area (Å²) in [5.74, 6) is -2.38. The fraction of sp³-hybridized carbons (Fsp3) is 0. The first-order valence-electron chi connectivity index (χ1n) is 7.70. The van der Waals surface area contributed by atoms with Gasteiger partial charge in [0.15, 0.2) is 11.6 Å². The van der Waals surface area contributed by atoms with E-state index in [0.717, 1.165) is 0 Å². The van der Waals surface area contributed by atoms with E-state index in [9.17, 15) is 19.2 Å². The van der Waals surface area contributed by atoms with Crippen molar-refractivity contribution in [2.75, 3.05) is 0 Å². The molecule has 0 saturated carbocycles. The third-order valence-electron chi connectivity index (χ3n) is 4.47. The maximum absolute atomic E-state index is 12.9. The molecule has 0 heterocycles. The van der Waals surface area contributed by atoms with Crippen molar-refractivity contribution >= 4 is 34.7 Å². The lowest BCUT2D eigenvalue weighted by Crippen LogP contribution is -2.31. The Morgan fingerprint density at radius 1 is 0.577 bits per heavy atom. The van der Waals surface area contributed by atoms with Crippen molar-refractivity contribution in [3.63, 3.8) is 0 Å². The number of Topliss-reactive ketones (excluding diaryl/α,β-unsaturated/α-hetero) is 4. The molecule has 0 saturated heterocycles. The molecule has 2 aromatic rings. The molecule has 0 unspecified atom stereocenters. The van der Waals surface area contributed by atoms with E-state index < -0.39 is 28.2 Å². The first-order chi connectivity index (χ1) is 12.4. The maximum atomic E-state index is 12.9. The fourth-order valence-electron chi connectivity index (χ4n) is 3.21. The summed E-state index contributed by atoms with van der Waals surface area (Å²) in [4.78, 5) is 51.0. The van der Waals surface area contributed by atoms with Gasteiger partial charge in [0, 0.05) is 22.3 Å². The van der Waals surface area contributed by atoms with Crippen LogP contribution in [0.15, 0.2) is 70.4 Å². The highest BCUT2D eigenvalue weighted by Crippen LogP contribution is 2.37. The van der Waals surface area contributed by atoms with Gasteiger partial charge in [-0.2, -0.15) is 0 Å². The summed E-state index contributed by atoms with van der Waals surface area (Å²) >= 11 is 6.15. The van der Waals surface area contributed by atoms with E-state index in [0.29, 0.717) is 0 Å². The summed E-state index contributed by atoms with van der Waals surface area (Å²) in [6, 6.07) is 12.3. The third kappa shape index (κ3) is 2.04. The Labute approximate surface area is 152 Å². The molecule has 0 bridgehead atoms. The molecule has 126 valence electrons. The summed E-state index contributed by atoms with van der Waals surface area (Å²) < 4.78 is 0. The van der Waals surface area contributed by atoms with Crippen LogP contribution >= 0.6 is 11.6 Å². The second-order valence-corrected chi connectivity index (χ2v) is 6.26. The predicted octanol–water partition coefficient (Wildman–Crippen LogP) is 2.85. The number of ketones is 4. The SMILES string of the molecule is NC1=C(C2=C(Cl)C(=O)c3ccccc3C2=O)C(=O)c2ccccc2C1=O. The first kappa shape index (κ1) is 16.2. The van der Waals surface area contributed by atoms with Gasteiger partial charge in [-0.1, -0.05) is 60.1 Å². The first-order valence-corrected chi connectivity index (χ1v) is 8.08. The average molecular weight is 364 g/mol. The third-order valence-corrected chi connectivity index (χ3v) is 4.83. The highest BCUT2D eigenvalue weighted by Gasteiger charge is 2.40. The van der Waals surface area contributed by atoms with E-state index in [1.165, 1.54) is 24.3 Å². The van der Waals surface area contributed by atoms with Crippen molar-refractivity contribution in [1.82, 2.24) is 0 Å². The Morgan fingerprint density at radius 3 is 1.46 bits per heavy atom. The minimum atomic E-state index is -0.608. The standard InChI is InChI=1S/C20H10ClNO4/c21-15-13(17(23)9-5-1-3-7-11(9)19(15)25)14-16(22)20(26)12-8-4-2-6-10(12)18(14)24/h1-8H,22H2. The largest absolute Gasteiger partial charge is 0.395 e. The minimum absolute atomic E-state index is 0.122. The lowest BCUT2D eigenvalue weighted by molar-refractivity contribution is 0.0955. The van der Waals surface area contributed by atoms with Gasteiger partial charge in [-0.15, -0.1) is 0 Å². The molecule has 6 heteroatoms. The molecular weight excluding hydrogens is 354 g/mol. The van der Waals surface area contributed by atoms with Crippen molar-refractivity contribution in [2.45, 2.75) is 0 Å². The van der Waals surface area contributed by atoms with Crippen LogP contribution in [0, 0.1) is 0 Å². The van der Waals surface area contributed by atoms with Gasteiger partial charge in [-0.25, -0.2) is 0 Å². The number of carbonyl (C=O) groups is 4. The Balaban J connectivity index is 1.99. The van der Waals surface area contributed by atoms with Crippen LogP contribution in [0.3, 0.4) is 0 Å². The molecule has 0 fully saturated rings. The van der Waals surface area contributed by atoms with E-state index in [4.69, 9.17) is 17.3 Å². The van der Waals surface area contributed by atoms with Crippen LogP contribution in [-0.4, -0.2) is 23.1 Å². The quantitative estimate of drug-likeness (QED) is 0.840. The molecule has 26 heavy (non-hydrogen) atoms. The zero-order valence-electron chi connectivity index (χ0n) is 13.2. The van der Waals surface area contributed by atoms with Gasteiger partial charge in [-0.05, 0) is 0 Å². The number of rotatable bonds is 1. The number of hydrogen-bond donors (Lipinski definition) is 1. The summed E-state index contributed by atoms with van der Waals surface area (Å²) in [5, 5.41) is -0.410. The predicted molar refractivity (Wildman–Crippen MR) is 94.3 cm³/mol. The zero-order valence-corrected chi connectivity index (χ0v) is 14.0. The lowest BCUT2D eigenvalue weighted by atomic mass is 9.78. The number of benzene rings is 2. The highest BCUT2D eigenvalue weighted by molar-refractivity contribution is 6.52. The Bertz CT molecular complexity index is 1030. The number of hydrogen-bond acceptors (Lipinski definition) is 5. The van der Waals surface area contributed by atoms with Crippen LogP contribution in [0.25, 0.3) is 0 Å². The normalized spacial score (nSPS) is 16.8. The molecule has 2 aliphatic rings. The van der Waals surface area contributed by atoms with Gasteiger partial charge in [-0.3, -0.25) is 19.2 Å². The highest BCUT2D eigenvalue weighted by atomic mass is 35.5. The van der Waals surface area contributed by atoms with Gasteiger partial charge >= 0.3 is 0 Å². The lowest BCUT2D eigenvalue weighted by Gasteiger charge is -2.23. The Hall–Kier alpha value is -3.31. The zero-order chi connectivity index (χ0) is 18.6. The van der Waals surface area contributed by atoms with Crippen molar-refractivity contribution in [1.29, 1.82) is 0 Å². The molecule has 2 aromatic carbocycles. The van der Waals surface area contributed by atoms with E-state index in [2.05, 4.69) is 0 Å². The molecule has 0 amide bonds. The van der Waals surface area contributed by atoms with Gasteiger partial charge in [0.05, 0.1) is 16.8 Å². The molecule has 0 atom stereocenters. The molecule has 0 spiro atoms.